The molecule has 7 nitrogen and oxygen atoms in total. The number of fused-ring (bicyclic) bond motifs is 1. The Morgan fingerprint density at radius 2 is 1.71 bits per heavy atom. The van der Waals surface area contributed by atoms with E-state index in [9.17, 15) is 14.4 Å². The van der Waals surface area contributed by atoms with Crippen LogP contribution in [0.3, 0.4) is 0 Å². The molecule has 1 fully saturated rings. The first-order valence-electron chi connectivity index (χ1n) is 10.8. The molecule has 1 aliphatic heterocycles. The molecular weight excluding hydrogens is 392 g/mol. The van der Waals surface area contributed by atoms with Gasteiger partial charge in [0.1, 0.15) is 6.04 Å². The predicted octanol–water partition coefficient (Wildman–Crippen LogP) is 2.61. The molecule has 1 amide bonds. The van der Waals surface area contributed by atoms with Gasteiger partial charge in [-0.2, -0.15) is 0 Å². The zero-order valence-electron chi connectivity index (χ0n) is 18.2. The van der Waals surface area contributed by atoms with Crippen molar-refractivity contribution >= 4 is 22.5 Å². The van der Waals surface area contributed by atoms with Crippen LogP contribution in [0.1, 0.15) is 30.5 Å². The number of anilines is 1. The quantitative estimate of drug-likeness (QED) is 0.704. The summed E-state index contributed by atoms with van der Waals surface area (Å²) < 4.78 is 1.09. The average Bonchev–Trinajstić information content (AvgIpc) is 2.78. The lowest BCUT2D eigenvalue weighted by atomic mass is 10.1. The molecule has 1 saturated heterocycles. The smallest absolute Gasteiger partial charge is 0.329 e. The van der Waals surface area contributed by atoms with Crippen LogP contribution in [0.2, 0.25) is 0 Å². The highest BCUT2D eigenvalue weighted by atomic mass is 16.2. The van der Waals surface area contributed by atoms with Gasteiger partial charge in [-0.1, -0.05) is 31.2 Å². The number of rotatable bonds is 4. The largest absolute Gasteiger partial charge is 0.368 e. The van der Waals surface area contributed by atoms with Crippen LogP contribution in [0.5, 0.6) is 0 Å². The Morgan fingerprint density at radius 1 is 1.00 bits per heavy atom. The lowest BCUT2D eigenvalue weighted by Crippen LogP contribution is -2.52. The van der Waals surface area contributed by atoms with E-state index in [1.54, 1.807) is 29.2 Å². The van der Waals surface area contributed by atoms with E-state index >= 15 is 0 Å². The summed E-state index contributed by atoms with van der Waals surface area (Å²) in [6, 6.07) is 12.3. The van der Waals surface area contributed by atoms with Gasteiger partial charge in [0.05, 0.1) is 10.9 Å². The number of hydrogen-bond acceptors (Lipinski definition) is 4. The summed E-state index contributed by atoms with van der Waals surface area (Å²) in [6.07, 6.45) is 0.372. The second-order valence-electron chi connectivity index (χ2n) is 8.11. The number of benzene rings is 2. The minimum Gasteiger partial charge on any atom is -0.368 e. The summed E-state index contributed by atoms with van der Waals surface area (Å²) in [5.74, 6) is -0.175. The molecule has 1 atom stereocenters. The maximum Gasteiger partial charge on any atom is 0.329 e. The maximum absolute atomic E-state index is 13.3. The second kappa shape index (κ2) is 8.41. The van der Waals surface area contributed by atoms with Crippen LogP contribution in [0.15, 0.2) is 52.1 Å². The lowest BCUT2D eigenvalue weighted by molar-refractivity contribution is -0.135. The third-order valence-electron chi connectivity index (χ3n) is 6.33. The highest BCUT2D eigenvalue weighted by Gasteiger charge is 2.30. The van der Waals surface area contributed by atoms with Gasteiger partial charge in [0.25, 0.3) is 5.56 Å². The van der Waals surface area contributed by atoms with Crippen molar-refractivity contribution in [2.75, 3.05) is 31.1 Å². The van der Waals surface area contributed by atoms with Gasteiger partial charge < -0.3 is 14.8 Å². The third kappa shape index (κ3) is 3.76. The maximum atomic E-state index is 13.3. The Hall–Kier alpha value is -3.35. The van der Waals surface area contributed by atoms with Crippen molar-refractivity contribution in [3.8, 4) is 0 Å². The molecule has 0 spiro atoms. The fourth-order valence-electron chi connectivity index (χ4n) is 4.38. The molecule has 162 valence electrons. The molecule has 7 heteroatoms. The number of H-pyrrole nitrogens is 1. The summed E-state index contributed by atoms with van der Waals surface area (Å²) in [5.41, 5.74) is 3.21. The van der Waals surface area contributed by atoms with Gasteiger partial charge in [0.2, 0.25) is 5.91 Å². The van der Waals surface area contributed by atoms with E-state index < -0.39 is 17.3 Å². The number of hydrogen-bond donors (Lipinski definition) is 1. The number of carbonyl (C=O) groups excluding carboxylic acids is 1. The van der Waals surface area contributed by atoms with E-state index in [-0.39, 0.29) is 5.91 Å². The molecule has 0 radical (unpaired) electrons. The molecular formula is C24H28N4O3. The molecule has 31 heavy (non-hydrogen) atoms. The van der Waals surface area contributed by atoms with Gasteiger partial charge in [-0.05, 0) is 49.6 Å². The summed E-state index contributed by atoms with van der Waals surface area (Å²) in [7, 11) is 0. The number of aromatic nitrogens is 2. The van der Waals surface area contributed by atoms with Crippen LogP contribution in [-0.4, -0.2) is 46.5 Å². The van der Waals surface area contributed by atoms with Crippen LogP contribution in [-0.2, 0) is 4.79 Å². The normalized spacial score (nSPS) is 15.3. The second-order valence-corrected chi connectivity index (χ2v) is 8.11. The number of aryl methyl sites for hydroxylation is 1. The highest BCUT2D eigenvalue weighted by Crippen LogP contribution is 2.24. The molecule has 3 aromatic rings. The van der Waals surface area contributed by atoms with E-state index in [4.69, 9.17) is 0 Å². The average molecular weight is 421 g/mol. The van der Waals surface area contributed by atoms with Crippen molar-refractivity contribution in [3.63, 3.8) is 0 Å². The standard InChI is InChI=1S/C24H28N4O3/c1-4-20(28-22(29)18-9-5-6-10-19(18)25-24(28)31)23(30)27-14-12-26(13-15-27)21-11-7-8-16(2)17(21)3/h5-11,20H,4,12-15H2,1-3H3,(H,25,31). The van der Waals surface area contributed by atoms with Gasteiger partial charge in [-0.15, -0.1) is 0 Å². The Kier molecular flexibility index (Phi) is 5.67. The fourth-order valence-corrected chi connectivity index (χ4v) is 4.38. The highest BCUT2D eigenvalue weighted by molar-refractivity contribution is 5.82. The molecule has 0 bridgehead atoms. The molecule has 1 aliphatic rings. The number of piperazine rings is 1. The fraction of sp³-hybridized carbons (Fsp3) is 0.375. The predicted molar refractivity (Wildman–Crippen MR) is 123 cm³/mol. The van der Waals surface area contributed by atoms with Crippen molar-refractivity contribution in [1.82, 2.24) is 14.5 Å². The summed E-state index contributed by atoms with van der Waals surface area (Å²) in [6.45, 7) is 8.60. The zero-order valence-corrected chi connectivity index (χ0v) is 18.2. The van der Waals surface area contributed by atoms with Crippen LogP contribution < -0.4 is 16.1 Å². The van der Waals surface area contributed by atoms with Crippen LogP contribution >= 0.6 is 0 Å². The van der Waals surface area contributed by atoms with Gasteiger partial charge in [0.15, 0.2) is 0 Å². The first kappa shape index (κ1) is 20.9. The molecule has 0 aliphatic carbocycles. The Balaban J connectivity index is 1.57. The first-order chi connectivity index (χ1) is 14.9. The molecule has 1 aromatic heterocycles. The first-order valence-corrected chi connectivity index (χ1v) is 10.8. The van der Waals surface area contributed by atoms with Gasteiger partial charge >= 0.3 is 5.69 Å². The zero-order chi connectivity index (χ0) is 22.1. The van der Waals surface area contributed by atoms with Gasteiger partial charge in [-0.3, -0.25) is 9.59 Å². The third-order valence-corrected chi connectivity index (χ3v) is 6.33. The van der Waals surface area contributed by atoms with Crippen molar-refractivity contribution in [3.05, 3.63) is 74.4 Å². The number of amides is 1. The van der Waals surface area contributed by atoms with Crippen LogP contribution in [0.4, 0.5) is 5.69 Å². The number of nitrogens with one attached hydrogen (secondary N) is 1. The van der Waals surface area contributed by atoms with E-state index in [1.165, 1.54) is 16.8 Å². The van der Waals surface area contributed by atoms with E-state index in [2.05, 4.69) is 41.9 Å². The Morgan fingerprint density at radius 3 is 2.42 bits per heavy atom. The van der Waals surface area contributed by atoms with Gasteiger partial charge in [-0.25, -0.2) is 9.36 Å². The lowest BCUT2D eigenvalue weighted by Gasteiger charge is -2.38. The van der Waals surface area contributed by atoms with E-state index in [0.717, 1.165) is 17.7 Å². The molecule has 1 unspecified atom stereocenters. The SMILES string of the molecule is CCC(C(=O)N1CCN(c2cccc(C)c2C)CC1)n1c(=O)[nH]c2ccccc2c1=O. The van der Waals surface area contributed by atoms with Crippen molar-refractivity contribution in [1.29, 1.82) is 0 Å². The molecule has 2 heterocycles. The van der Waals surface area contributed by atoms with E-state index in [0.29, 0.717) is 30.4 Å². The number of para-hydroxylation sites is 1. The number of nitrogens with zero attached hydrogens (tertiary/aromatic N) is 3. The molecule has 2 aromatic carbocycles. The molecule has 0 saturated carbocycles. The number of aromatic amines is 1. The van der Waals surface area contributed by atoms with Crippen LogP contribution in [0, 0.1) is 13.8 Å². The Bertz CT molecular complexity index is 1240. The summed E-state index contributed by atoms with van der Waals surface area (Å²) in [5, 5.41) is 0.410. The minimum absolute atomic E-state index is 0.175. The van der Waals surface area contributed by atoms with Crippen molar-refractivity contribution in [2.24, 2.45) is 0 Å². The topological polar surface area (TPSA) is 78.4 Å². The summed E-state index contributed by atoms with van der Waals surface area (Å²) in [4.78, 5) is 45.8. The van der Waals surface area contributed by atoms with Crippen LogP contribution in [0.25, 0.3) is 10.9 Å². The van der Waals surface area contributed by atoms with Gasteiger partial charge in [0, 0.05) is 31.9 Å². The molecule has 4 rings (SSSR count). The van der Waals surface area contributed by atoms with Crippen molar-refractivity contribution < 1.29 is 4.79 Å². The number of carbonyl (C=O) groups is 1. The molecule has 1 N–H and O–H groups in total. The van der Waals surface area contributed by atoms with Crippen molar-refractivity contribution in [2.45, 2.75) is 33.2 Å². The monoisotopic (exact) mass is 420 g/mol. The van der Waals surface area contributed by atoms with E-state index in [1.807, 2.05) is 6.92 Å². The Labute approximate surface area is 180 Å². The summed E-state index contributed by atoms with van der Waals surface area (Å²) >= 11 is 0. The minimum atomic E-state index is -0.812.